The molecule has 0 fully saturated rings. The lowest BCUT2D eigenvalue weighted by Gasteiger charge is -2.15. The van der Waals surface area contributed by atoms with Crippen molar-refractivity contribution in [1.29, 1.82) is 0 Å². The minimum absolute atomic E-state index is 0.162. The molecule has 2 rings (SSSR count). The molecule has 2 aromatic rings. The Kier molecular flexibility index (Phi) is 3.54. The molecule has 0 atom stereocenters. The van der Waals surface area contributed by atoms with Gasteiger partial charge in [-0.1, -0.05) is 50.0 Å². The largest absolute Gasteiger partial charge is 0.382 e. The number of aryl methyl sites for hydroxylation is 1. The number of anilines is 1. The van der Waals surface area contributed by atoms with Gasteiger partial charge in [-0.2, -0.15) is 5.10 Å². The fraction of sp³-hybridized carbons (Fsp3) is 0.357. The van der Waals surface area contributed by atoms with Crippen molar-refractivity contribution in [3.63, 3.8) is 0 Å². The van der Waals surface area contributed by atoms with Crippen LogP contribution in [0.3, 0.4) is 0 Å². The highest BCUT2D eigenvalue weighted by molar-refractivity contribution is 6.33. The molecule has 1 heterocycles. The molecular weight excluding hydrogens is 281 g/mol. The first-order valence-corrected chi connectivity index (χ1v) is 6.78. The van der Waals surface area contributed by atoms with E-state index in [1.54, 1.807) is 4.68 Å². The number of hydrogen-bond donors (Lipinski definition) is 1. The average Bonchev–Trinajstić information content (AvgIpc) is 2.60. The second-order valence-electron chi connectivity index (χ2n) is 5.64. The number of nitrogen functional groups attached to an aromatic ring is 1. The molecule has 0 spiro atoms. The first-order chi connectivity index (χ1) is 8.71. The van der Waals surface area contributed by atoms with Crippen molar-refractivity contribution in [1.82, 2.24) is 9.78 Å². The summed E-state index contributed by atoms with van der Waals surface area (Å²) in [5.74, 6) is 0.437. The number of rotatable bonds is 1. The molecule has 102 valence electrons. The summed E-state index contributed by atoms with van der Waals surface area (Å²) in [6.07, 6.45) is 0. The number of benzene rings is 1. The first kappa shape index (κ1) is 14.2. The van der Waals surface area contributed by atoms with Crippen LogP contribution in [0.25, 0.3) is 5.69 Å². The summed E-state index contributed by atoms with van der Waals surface area (Å²) >= 11 is 12.4. The van der Waals surface area contributed by atoms with Gasteiger partial charge in [-0.05, 0) is 24.6 Å². The summed E-state index contributed by atoms with van der Waals surface area (Å²) < 4.78 is 1.63. The Bertz CT molecular complexity index is 624. The van der Waals surface area contributed by atoms with Crippen LogP contribution in [0.2, 0.25) is 10.0 Å². The zero-order valence-corrected chi connectivity index (χ0v) is 13.0. The zero-order valence-electron chi connectivity index (χ0n) is 11.5. The second kappa shape index (κ2) is 4.73. The Morgan fingerprint density at radius 3 is 2.32 bits per heavy atom. The molecule has 1 aromatic carbocycles. The molecule has 0 unspecified atom stereocenters. The van der Waals surface area contributed by atoms with Crippen LogP contribution in [0.5, 0.6) is 0 Å². The smallest absolute Gasteiger partial charge is 0.146 e. The Morgan fingerprint density at radius 2 is 1.84 bits per heavy atom. The minimum Gasteiger partial charge on any atom is -0.382 e. The summed E-state index contributed by atoms with van der Waals surface area (Å²) in [6, 6.07) is 5.69. The van der Waals surface area contributed by atoms with Gasteiger partial charge in [0.2, 0.25) is 0 Å². The molecular formula is C14H17Cl2N3. The van der Waals surface area contributed by atoms with E-state index in [-0.39, 0.29) is 5.41 Å². The van der Waals surface area contributed by atoms with Crippen LogP contribution in [0.4, 0.5) is 5.82 Å². The van der Waals surface area contributed by atoms with Crippen molar-refractivity contribution in [2.24, 2.45) is 0 Å². The van der Waals surface area contributed by atoms with E-state index < -0.39 is 0 Å². The number of nitrogens with zero attached hydrogens (tertiary/aromatic N) is 2. The number of halogens is 2. The third-order valence-electron chi connectivity index (χ3n) is 2.97. The Balaban J connectivity index is 2.60. The number of hydrogen-bond acceptors (Lipinski definition) is 2. The molecule has 0 aliphatic carbocycles. The van der Waals surface area contributed by atoms with Gasteiger partial charge in [0.05, 0.1) is 11.4 Å². The SMILES string of the molecule is Cc1ccc(-n2nc(C(C)(C)C)c(Cl)c2N)cc1Cl. The van der Waals surface area contributed by atoms with Crippen LogP contribution >= 0.6 is 23.2 Å². The van der Waals surface area contributed by atoms with Crippen LogP contribution < -0.4 is 5.73 Å². The van der Waals surface area contributed by atoms with Gasteiger partial charge in [-0.15, -0.1) is 0 Å². The van der Waals surface area contributed by atoms with Crippen LogP contribution in [0.15, 0.2) is 18.2 Å². The summed E-state index contributed by atoms with van der Waals surface area (Å²) in [4.78, 5) is 0. The topological polar surface area (TPSA) is 43.8 Å². The average molecular weight is 298 g/mol. The quantitative estimate of drug-likeness (QED) is 0.849. The predicted octanol–water partition coefficient (Wildman–Crippen LogP) is 4.37. The normalized spacial score (nSPS) is 11.9. The first-order valence-electron chi connectivity index (χ1n) is 6.03. The number of nitrogens with two attached hydrogens (primary N) is 1. The molecule has 0 amide bonds. The lowest BCUT2D eigenvalue weighted by molar-refractivity contribution is 0.560. The maximum Gasteiger partial charge on any atom is 0.146 e. The fourth-order valence-corrected chi connectivity index (χ4v) is 2.38. The molecule has 19 heavy (non-hydrogen) atoms. The van der Waals surface area contributed by atoms with Crippen LogP contribution in [0, 0.1) is 6.92 Å². The summed E-state index contributed by atoms with van der Waals surface area (Å²) in [7, 11) is 0. The Hall–Kier alpha value is -1.19. The molecule has 5 heteroatoms. The molecule has 0 aliphatic rings. The molecule has 2 N–H and O–H groups in total. The maximum atomic E-state index is 6.28. The summed E-state index contributed by atoms with van der Waals surface area (Å²) in [5.41, 5.74) is 8.49. The molecule has 0 saturated heterocycles. The minimum atomic E-state index is -0.162. The summed E-state index contributed by atoms with van der Waals surface area (Å²) in [5, 5.41) is 5.71. The van der Waals surface area contributed by atoms with E-state index in [9.17, 15) is 0 Å². The highest BCUT2D eigenvalue weighted by Crippen LogP contribution is 2.34. The Labute approximate surface area is 123 Å². The van der Waals surface area contributed by atoms with E-state index in [1.807, 2.05) is 45.9 Å². The summed E-state index contributed by atoms with van der Waals surface area (Å²) in [6.45, 7) is 8.10. The Morgan fingerprint density at radius 1 is 1.21 bits per heavy atom. The van der Waals surface area contributed by atoms with Gasteiger partial charge >= 0.3 is 0 Å². The standard InChI is InChI=1S/C14H17Cl2N3/c1-8-5-6-9(7-10(8)15)19-13(17)11(16)12(18-19)14(2,3)4/h5-7H,17H2,1-4H3. The van der Waals surface area contributed by atoms with Gasteiger partial charge in [-0.25, -0.2) is 4.68 Å². The fourth-order valence-electron chi connectivity index (χ4n) is 1.80. The monoisotopic (exact) mass is 297 g/mol. The van der Waals surface area contributed by atoms with E-state index in [0.717, 1.165) is 16.9 Å². The lowest BCUT2D eigenvalue weighted by Crippen LogP contribution is -2.13. The van der Waals surface area contributed by atoms with Gasteiger partial charge < -0.3 is 5.73 Å². The molecule has 0 aliphatic heterocycles. The van der Waals surface area contributed by atoms with E-state index in [2.05, 4.69) is 5.10 Å². The van der Waals surface area contributed by atoms with Gasteiger partial charge in [0.25, 0.3) is 0 Å². The van der Waals surface area contributed by atoms with E-state index in [0.29, 0.717) is 15.9 Å². The van der Waals surface area contributed by atoms with Crippen molar-refractivity contribution in [2.75, 3.05) is 5.73 Å². The van der Waals surface area contributed by atoms with Crippen LogP contribution in [-0.2, 0) is 5.41 Å². The third-order valence-corrected chi connectivity index (χ3v) is 3.75. The van der Waals surface area contributed by atoms with E-state index in [1.165, 1.54) is 0 Å². The van der Waals surface area contributed by atoms with E-state index in [4.69, 9.17) is 28.9 Å². The third kappa shape index (κ3) is 2.58. The molecule has 3 nitrogen and oxygen atoms in total. The highest BCUT2D eigenvalue weighted by atomic mass is 35.5. The van der Waals surface area contributed by atoms with E-state index >= 15 is 0 Å². The van der Waals surface area contributed by atoms with Crippen LogP contribution in [0.1, 0.15) is 32.0 Å². The lowest BCUT2D eigenvalue weighted by atomic mass is 9.92. The van der Waals surface area contributed by atoms with Crippen molar-refractivity contribution < 1.29 is 0 Å². The van der Waals surface area contributed by atoms with Gasteiger partial charge in [0.1, 0.15) is 10.8 Å². The molecule has 0 bridgehead atoms. The highest BCUT2D eigenvalue weighted by Gasteiger charge is 2.25. The van der Waals surface area contributed by atoms with Gasteiger partial charge in [0.15, 0.2) is 0 Å². The van der Waals surface area contributed by atoms with Crippen molar-refractivity contribution in [2.45, 2.75) is 33.1 Å². The van der Waals surface area contributed by atoms with Crippen molar-refractivity contribution >= 4 is 29.0 Å². The van der Waals surface area contributed by atoms with Crippen molar-refractivity contribution in [3.8, 4) is 5.69 Å². The molecule has 0 saturated carbocycles. The van der Waals surface area contributed by atoms with Gasteiger partial charge in [0, 0.05) is 10.4 Å². The van der Waals surface area contributed by atoms with Gasteiger partial charge in [-0.3, -0.25) is 0 Å². The zero-order chi connectivity index (χ0) is 14.4. The number of aromatic nitrogens is 2. The maximum absolute atomic E-state index is 6.28. The predicted molar refractivity (Wildman–Crippen MR) is 81.4 cm³/mol. The van der Waals surface area contributed by atoms with Crippen LogP contribution in [-0.4, -0.2) is 9.78 Å². The van der Waals surface area contributed by atoms with Crippen molar-refractivity contribution in [3.05, 3.63) is 39.5 Å². The molecule has 1 aromatic heterocycles. The molecule has 0 radical (unpaired) electrons. The second-order valence-corrected chi connectivity index (χ2v) is 6.43.